The number of unbranched alkanes of at least 4 members (excludes halogenated alkanes) is 8. The quantitative estimate of drug-likeness (QED) is 0.276. The Labute approximate surface area is 124 Å². The van der Waals surface area contributed by atoms with E-state index in [0.717, 1.165) is 25.8 Å². The molecule has 0 aromatic heterocycles. The van der Waals surface area contributed by atoms with Crippen molar-refractivity contribution < 1.29 is 19.5 Å². The lowest BCUT2D eigenvalue weighted by molar-refractivity contribution is -0.847. The first-order valence-corrected chi connectivity index (χ1v) is 8.28. The molecule has 0 fully saturated rings. The Balaban J connectivity index is 3.65. The summed E-state index contributed by atoms with van der Waals surface area (Å²) in [5.74, 6) is 0. The third-order valence-corrected chi connectivity index (χ3v) is 4.02. The van der Waals surface area contributed by atoms with E-state index < -0.39 is 0 Å². The van der Waals surface area contributed by atoms with E-state index in [-0.39, 0.29) is 17.7 Å². The maximum atomic E-state index is 11.2. The van der Waals surface area contributed by atoms with Crippen molar-refractivity contribution in [2.45, 2.75) is 64.7 Å². The van der Waals surface area contributed by atoms with E-state index in [4.69, 9.17) is 10.2 Å². The Morgan fingerprint density at radius 1 is 0.750 bits per heavy atom. The molecular formula is C16H34NO3+. The van der Waals surface area contributed by atoms with Gasteiger partial charge in [-0.1, -0.05) is 51.9 Å². The molecule has 0 saturated carbocycles. The number of nitrogens with zero attached hydrogens (tertiary/aromatic N) is 1. The van der Waals surface area contributed by atoms with Gasteiger partial charge in [0, 0.05) is 0 Å². The highest BCUT2D eigenvalue weighted by Gasteiger charge is 2.25. The summed E-state index contributed by atoms with van der Waals surface area (Å²) in [6.45, 7) is 3.80. The van der Waals surface area contributed by atoms with Crippen LogP contribution in [0.1, 0.15) is 64.7 Å². The second-order valence-corrected chi connectivity index (χ2v) is 5.77. The molecule has 0 heterocycles. The largest absolute Gasteiger partial charge is 0.390 e. The number of aliphatic hydroxyl groups is 2. The molecular weight excluding hydrogens is 254 g/mol. The molecule has 0 bridgehead atoms. The molecule has 0 aliphatic rings. The van der Waals surface area contributed by atoms with Crippen molar-refractivity contribution in [1.29, 1.82) is 0 Å². The van der Waals surface area contributed by atoms with Gasteiger partial charge in [0.25, 0.3) is 0 Å². The zero-order valence-corrected chi connectivity index (χ0v) is 13.2. The van der Waals surface area contributed by atoms with Gasteiger partial charge in [0.1, 0.15) is 13.1 Å². The minimum atomic E-state index is -0.00380. The SMILES string of the molecule is CCCCCCCCCCC[N+](C=O)(CCO)CCO. The van der Waals surface area contributed by atoms with Gasteiger partial charge in [-0.2, -0.15) is 0 Å². The topological polar surface area (TPSA) is 57.5 Å². The molecule has 0 aliphatic carbocycles. The van der Waals surface area contributed by atoms with E-state index in [1.54, 1.807) is 0 Å². The van der Waals surface area contributed by atoms with E-state index in [1.165, 1.54) is 44.9 Å². The van der Waals surface area contributed by atoms with Crippen LogP contribution in [0.5, 0.6) is 0 Å². The summed E-state index contributed by atoms with van der Waals surface area (Å²) in [6, 6.07) is 0. The van der Waals surface area contributed by atoms with Crippen LogP contribution < -0.4 is 0 Å². The fraction of sp³-hybridized carbons (Fsp3) is 0.938. The lowest BCUT2D eigenvalue weighted by Crippen LogP contribution is -2.51. The van der Waals surface area contributed by atoms with Crippen LogP contribution in [0.4, 0.5) is 0 Å². The lowest BCUT2D eigenvalue weighted by Gasteiger charge is -2.30. The average Bonchev–Trinajstić information content (AvgIpc) is 2.46. The van der Waals surface area contributed by atoms with Gasteiger partial charge in [-0.3, -0.25) is 4.48 Å². The summed E-state index contributed by atoms with van der Waals surface area (Å²) in [4.78, 5) is 11.2. The average molecular weight is 288 g/mol. The Bertz CT molecular complexity index is 216. The smallest absolute Gasteiger partial charge is 0.301 e. The summed E-state index contributed by atoms with van der Waals surface area (Å²) in [7, 11) is 0. The number of carbonyl (C=O) groups excluding carboxylic acids is 1. The number of rotatable bonds is 15. The molecule has 20 heavy (non-hydrogen) atoms. The third kappa shape index (κ3) is 9.45. The fourth-order valence-corrected chi connectivity index (χ4v) is 2.63. The molecule has 2 N–H and O–H groups in total. The zero-order valence-electron chi connectivity index (χ0n) is 13.2. The summed E-state index contributed by atoms with van der Waals surface area (Å²) >= 11 is 0. The number of quaternary nitrogens is 1. The molecule has 0 atom stereocenters. The highest BCUT2D eigenvalue weighted by atomic mass is 16.3. The molecule has 0 aromatic carbocycles. The maximum Gasteiger partial charge on any atom is 0.301 e. The number of amides is 1. The van der Waals surface area contributed by atoms with Crippen molar-refractivity contribution in [2.75, 3.05) is 32.8 Å². The van der Waals surface area contributed by atoms with Crippen molar-refractivity contribution in [1.82, 2.24) is 0 Å². The first kappa shape index (κ1) is 19.6. The molecule has 1 amide bonds. The van der Waals surface area contributed by atoms with E-state index in [1.807, 2.05) is 0 Å². The maximum absolute atomic E-state index is 11.2. The van der Waals surface area contributed by atoms with Crippen LogP contribution in [-0.4, -0.2) is 54.0 Å². The summed E-state index contributed by atoms with van der Waals surface area (Å²) in [5.41, 5.74) is 0. The van der Waals surface area contributed by atoms with Crippen LogP contribution in [-0.2, 0) is 4.79 Å². The lowest BCUT2D eigenvalue weighted by atomic mass is 10.1. The molecule has 0 spiro atoms. The first-order chi connectivity index (χ1) is 9.74. The molecule has 0 saturated heterocycles. The number of carbonyl (C=O) groups is 1. The van der Waals surface area contributed by atoms with Gasteiger partial charge in [0.05, 0.1) is 19.8 Å². The number of hydrogen-bond acceptors (Lipinski definition) is 3. The van der Waals surface area contributed by atoms with E-state index in [9.17, 15) is 4.79 Å². The van der Waals surface area contributed by atoms with Crippen LogP contribution >= 0.6 is 0 Å². The number of aliphatic hydroxyl groups excluding tert-OH is 2. The van der Waals surface area contributed by atoms with Crippen LogP contribution in [0.25, 0.3) is 0 Å². The van der Waals surface area contributed by atoms with E-state index in [0.29, 0.717) is 13.1 Å². The third-order valence-electron chi connectivity index (χ3n) is 4.02. The summed E-state index contributed by atoms with van der Waals surface area (Å²) < 4.78 is 0.198. The van der Waals surface area contributed by atoms with Gasteiger partial charge in [-0.25, -0.2) is 4.79 Å². The summed E-state index contributed by atoms with van der Waals surface area (Å²) in [6.07, 6.45) is 12.2. The molecule has 0 rings (SSSR count). The Morgan fingerprint density at radius 2 is 1.20 bits per heavy atom. The van der Waals surface area contributed by atoms with Crippen LogP contribution in [0.3, 0.4) is 0 Å². The van der Waals surface area contributed by atoms with Crippen molar-refractivity contribution in [3.63, 3.8) is 0 Å². The van der Waals surface area contributed by atoms with Gasteiger partial charge in [-0.15, -0.1) is 0 Å². The molecule has 4 heteroatoms. The Morgan fingerprint density at radius 3 is 1.60 bits per heavy atom. The van der Waals surface area contributed by atoms with Crippen molar-refractivity contribution in [2.24, 2.45) is 0 Å². The predicted molar refractivity (Wildman–Crippen MR) is 82.3 cm³/mol. The van der Waals surface area contributed by atoms with Crippen LogP contribution in [0, 0.1) is 0 Å². The highest BCUT2D eigenvalue weighted by Crippen LogP contribution is 2.12. The predicted octanol–water partition coefficient (Wildman–Crippen LogP) is 2.48. The normalized spacial score (nSPS) is 11.8. The van der Waals surface area contributed by atoms with Gasteiger partial charge in [0.15, 0.2) is 0 Å². The standard InChI is InChI=1S/C16H34NO3/c1-2-3-4-5-6-7-8-9-10-11-17(16-20,12-14-18)13-15-19/h16,18-19H,2-15H2,1H3/q+1. The zero-order chi connectivity index (χ0) is 15.1. The van der Waals surface area contributed by atoms with Crippen molar-refractivity contribution >= 4 is 6.41 Å². The second-order valence-electron chi connectivity index (χ2n) is 5.77. The van der Waals surface area contributed by atoms with Crippen molar-refractivity contribution in [3.8, 4) is 0 Å². The van der Waals surface area contributed by atoms with Crippen molar-refractivity contribution in [3.05, 3.63) is 0 Å². The van der Waals surface area contributed by atoms with Crippen LogP contribution in [0.15, 0.2) is 0 Å². The molecule has 0 aromatic rings. The fourth-order valence-electron chi connectivity index (χ4n) is 2.63. The summed E-state index contributed by atoms with van der Waals surface area (Å²) in [5, 5.41) is 18.1. The van der Waals surface area contributed by atoms with Crippen LogP contribution in [0.2, 0.25) is 0 Å². The molecule has 0 aliphatic heterocycles. The van der Waals surface area contributed by atoms with Gasteiger partial charge >= 0.3 is 6.41 Å². The minimum Gasteiger partial charge on any atom is -0.390 e. The molecule has 0 unspecified atom stereocenters. The number of hydrogen-bond donors (Lipinski definition) is 2. The monoisotopic (exact) mass is 288 g/mol. The Kier molecular flexibility index (Phi) is 13.2. The van der Waals surface area contributed by atoms with Gasteiger partial charge in [-0.05, 0) is 12.8 Å². The van der Waals surface area contributed by atoms with Gasteiger partial charge < -0.3 is 10.2 Å². The van der Waals surface area contributed by atoms with Gasteiger partial charge in [0.2, 0.25) is 0 Å². The highest BCUT2D eigenvalue weighted by molar-refractivity contribution is 5.37. The molecule has 120 valence electrons. The van der Waals surface area contributed by atoms with E-state index in [2.05, 4.69) is 6.92 Å². The minimum absolute atomic E-state index is 0.00380. The second kappa shape index (κ2) is 13.5. The Hall–Kier alpha value is -0.450. The molecule has 0 radical (unpaired) electrons. The first-order valence-electron chi connectivity index (χ1n) is 8.28. The van der Waals surface area contributed by atoms with E-state index >= 15 is 0 Å². The molecule has 4 nitrogen and oxygen atoms in total.